The smallest absolute Gasteiger partial charge is 0.341 e. The van der Waals surface area contributed by atoms with E-state index in [9.17, 15) is 4.79 Å². The van der Waals surface area contributed by atoms with Crippen LogP contribution in [0, 0.1) is 6.10 Å². The van der Waals surface area contributed by atoms with E-state index in [0.29, 0.717) is 6.61 Å². The van der Waals surface area contributed by atoms with Gasteiger partial charge in [0.05, 0.1) is 6.61 Å². The molecule has 0 aromatic carbocycles. The highest BCUT2D eigenvalue weighted by molar-refractivity contribution is 5.81. The van der Waals surface area contributed by atoms with Crippen molar-refractivity contribution >= 4 is 5.97 Å². The van der Waals surface area contributed by atoms with Gasteiger partial charge in [-0.3, -0.25) is 0 Å². The summed E-state index contributed by atoms with van der Waals surface area (Å²) in [5, 5.41) is 0. The molecule has 0 fully saturated rings. The Labute approximate surface area is 55.0 Å². The van der Waals surface area contributed by atoms with Gasteiger partial charge in [-0.05, 0) is 13.8 Å². The monoisotopic (exact) mass is 131 g/mol. The maximum atomic E-state index is 10.6. The van der Waals surface area contributed by atoms with Gasteiger partial charge in [0.15, 0.2) is 0 Å². The van der Waals surface area contributed by atoms with Crippen LogP contribution in [0.1, 0.15) is 13.8 Å². The van der Waals surface area contributed by atoms with Gasteiger partial charge in [0.2, 0.25) is 6.10 Å². The summed E-state index contributed by atoms with van der Waals surface area (Å²) in [6.45, 7) is 3.71. The van der Waals surface area contributed by atoms with Crippen LogP contribution >= 0.6 is 0 Å². The molecule has 0 rings (SSSR count). The van der Waals surface area contributed by atoms with E-state index in [4.69, 9.17) is 0 Å². The summed E-state index contributed by atoms with van der Waals surface area (Å²) in [7, 11) is 1.44. The first-order chi connectivity index (χ1) is 4.22. The lowest BCUT2D eigenvalue weighted by molar-refractivity contribution is -0.146. The molecule has 0 N–H and O–H groups in total. The van der Waals surface area contributed by atoms with E-state index in [2.05, 4.69) is 9.47 Å². The van der Waals surface area contributed by atoms with Crippen molar-refractivity contribution < 1.29 is 14.3 Å². The van der Waals surface area contributed by atoms with Crippen molar-refractivity contribution in [2.45, 2.75) is 13.8 Å². The molecular formula is C6H11O3. The average molecular weight is 131 g/mol. The van der Waals surface area contributed by atoms with E-state index in [1.54, 1.807) is 13.8 Å². The minimum Gasteiger partial charge on any atom is -0.464 e. The summed E-state index contributed by atoms with van der Waals surface area (Å²) in [5.41, 5.74) is 0. The topological polar surface area (TPSA) is 35.5 Å². The zero-order chi connectivity index (χ0) is 7.28. The van der Waals surface area contributed by atoms with E-state index in [1.165, 1.54) is 7.11 Å². The van der Waals surface area contributed by atoms with Crippen LogP contribution < -0.4 is 0 Å². The van der Waals surface area contributed by atoms with Crippen LogP contribution in [0.5, 0.6) is 0 Å². The van der Waals surface area contributed by atoms with Crippen molar-refractivity contribution in [3.05, 3.63) is 6.10 Å². The molecule has 0 bridgehead atoms. The maximum Gasteiger partial charge on any atom is 0.341 e. The van der Waals surface area contributed by atoms with Crippen molar-refractivity contribution in [2.75, 3.05) is 13.7 Å². The summed E-state index contributed by atoms with van der Waals surface area (Å²) < 4.78 is 9.20. The molecule has 1 radical (unpaired) electrons. The molecule has 0 aliphatic rings. The highest BCUT2D eigenvalue weighted by Gasteiger charge is 2.12. The SMILES string of the molecule is CCOC(=O)[C](C)OC. The van der Waals surface area contributed by atoms with Crippen molar-refractivity contribution in [3.8, 4) is 0 Å². The number of ether oxygens (including phenoxy) is 2. The number of hydrogen-bond donors (Lipinski definition) is 0. The molecular weight excluding hydrogens is 120 g/mol. The normalized spacial score (nSPS) is 9.78. The Morgan fingerprint density at radius 2 is 2.11 bits per heavy atom. The number of carbonyl (C=O) groups is 1. The number of carbonyl (C=O) groups excluding carboxylic acids is 1. The second-order valence-electron chi connectivity index (χ2n) is 1.48. The number of hydrogen-bond acceptors (Lipinski definition) is 3. The molecule has 0 spiro atoms. The van der Waals surface area contributed by atoms with Gasteiger partial charge >= 0.3 is 5.97 Å². The summed E-state index contributed by atoms with van der Waals surface area (Å²) in [5.74, 6) is -0.389. The van der Waals surface area contributed by atoms with Crippen molar-refractivity contribution in [1.82, 2.24) is 0 Å². The fourth-order valence-corrected chi connectivity index (χ4v) is 0.316. The van der Waals surface area contributed by atoms with Gasteiger partial charge in [-0.1, -0.05) is 0 Å². The first-order valence-corrected chi connectivity index (χ1v) is 2.77. The Bertz CT molecular complexity index is 90.3. The third-order valence-corrected chi connectivity index (χ3v) is 0.869. The van der Waals surface area contributed by atoms with Crippen LogP contribution in [0.15, 0.2) is 0 Å². The molecule has 9 heavy (non-hydrogen) atoms. The Morgan fingerprint density at radius 1 is 1.56 bits per heavy atom. The third-order valence-electron chi connectivity index (χ3n) is 0.869. The number of esters is 1. The lowest BCUT2D eigenvalue weighted by Crippen LogP contribution is -2.13. The Balaban J connectivity index is 3.46. The molecule has 0 saturated carbocycles. The fourth-order valence-electron chi connectivity index (χ4n) is 0.316. The first-order valence-electron chi connectivity index (χ1n) is 2.77. The molecule has 0 aromatic rings. The van der Waals surface area contributed by atoms with Crippen LogP contribution in [0.4, 0.5) is 0 Å². The van der Waals surface area contributed by atoms with Crippen LogP contribution in [-0.2, 0) is 14.3 Å². The van der Waals surface area contributed by atoms with Crippen molar-refractivity contribution in [3.63, 3.8) is 0 Å². The number of rotatable bonds is 3. The summed E-state index contributed by atoms with van der Waals surface area (Å²) >= 11 is 0. The molecule has 0 amide bonds. The van der Waals surface area contributed by atoms with E-state index >= 15 is 0 Å². The fraction of sp³-hybridized carbons (Fsp3) is 0.667. The highest BCUT2D eigenvalue weighted by Crippen LogP contribution is 1.99. The summed E-state index contributed by atoms with van der Waals surface area (Å²) in [6, 6.07) is 0. The van der Waals surface area contributed by atoms with Gasteiger partial charge in [-0.2, -0.15) is 0 Å². The molecule has 0 heterocycles. The quantitative estimate of drug-likeness (QED) is 0.530. The zero-order valence-corrected chi connectivity index (χ0v) is 5.93. The first kappa shape index (κ1) is 8.43. The number of methoxy groups -OCH3 is 1. The molecule has 0 atom stereocenters. The second kappa shape index (κ2) is 4.32. The largest absolute Gasteiger partial charge is 0.464 e. The van der Waals surface area contributed by atoms with Gasteiger partial charge in [0.25, 0.3) is 0 Å². The minimum absolute atomic E-state index is 0.289. The standard InChI is InChI=1S/C6H11O3/c1-4-9-6(7)5(2)8-3/h4H2,1-3H3. The molecule has 0 aromatic heterocycles. The van der Waals surface area contributed by atoms with Crippen LogP contribution in [-0.4, -0.2) is 19.7 Å². The summed E-state index contributed by atoms with van der Waals surface area (Å²) in [4.78, 5) is 10.6. The van der Waals surface area contributed by atoms with Gasteiger partial charge in [-0.15, -0.1) is 0 Å². The maximum absolute atomic E-state index is 10.6. The van der Waals surface area contributed by atoms with Crippen LogP contribution in [0.25, 0.3) is 0 Å². The van der Waals surface area contributed by atoms with Crippen LogP contribution in [0.3, 0.4) is 0 Å². The van der Waals surface area contributed by atoms with Gasteiger partial charge in [0.1, 0.15) is 0 Å². The third kappa shape index (κ3) is 3.08. The lowest BCUT2D eigenvalue weighted by Gasteiger charge is -2.05. The molecule has 3 heteroatoms. The van der Waals surface area contributed by atoms with Gasteiger partial charge < -0.3 is 9.47 Å². The van der Waals surface area contributed by atoms with Crippen LogP contribution in [0.2, 0.25) is 0 Å². The Kier molecular flexibility index (Phi) is 4.05. The zero-order valence-electron chi connectivity index (χ0n) is 5.93. The molecule has 3 nitrogen and oxygen atoms in total. The van der Waals surface area contributed by atoms with Gasteiger partial charge in [0, 0.05) is 7.11 Å². The van der Waals surface area contributed by atoms with E-state index in [1.807, 2.05) is 0 Å². The molecule has 53 valence electrons. The van der Waals surface area contributed by atoms with E-state index in [0.717, 1.165) is 0 Å². The predicted molar refractivity (Wildman–Crippen MR) is 32.6 cm³/mol. The van der Waals surface area contributed by atoms with Gasteiger partial charge in [-0.25, -0.2) is 4.79 Å². The van der Waals surface area contributed by atoms with E-state index in [-0.39, 0.29) is 12.1 Å². The van der Waals surface area contributed by atoms with Crippen molar-refractivity contribution in [1.29, 1.82) is 0 Å². The Morgan fingerprint density at radius 3 is 2.44 bits per heavy atom. The van der Waals surface area contributed by atoms with Crippen molar-refractivity contribution in [2.24, 2.45) is 0 Å². The lowest BCUT2D eigenvalue weighted by atomic mass is 10.4. The predicted octanol–water partition coefficient (Wildman–Crippen LogP) is 0.748. The van der Waals surface area contributed by atoms with E-state index < -0.39 is 0 Å². The summed E-state index contributed by atoms with van der Waals surface area (Å²) in [6.07, 6.45) is 0.289. The highest BCUT2D eigenvalue weighted by atomic mass is 16.6. The molecule has 0 aliphatic carbocycles. The average Bonchev–Trinajstić information content (AvgIpc) is 1.87. The minimum atomic E-state index is -0.389. The molecule has 0 aliphatic heterocycles. The Hall–Kier alpha value is -0.570. The molecule has 0 unspecified atom stereocenters. The molecule has 0 saturated heterocycles. The second-order valence-corrected chi connectivity index (χ2v) is 1.48.